The quantitative estimate of drug-likeness (QED) is 0.840. The molecule has 5 heteroatoms. The number of rotatable bonds is 2. The van der Waals surface area contributed by atoms with Gasteiger partial charge in [0.25, 0.3) is 5.91 Å². The second-order valence-corrected chi connectivity index (χ2v) is 4.70. The molecule has 0 aromatic heterocycles. The van der Waals surface area contributed by atoms with Gasteiger partial charge in [-0.2, -0.15) is 0 Å². The van der Waals surface area contributed by atoms with E-state index in [1.54, 1.807) is 22.8 Å². The molecule has 1 aromatic rings. The van der Waals surface area contributed by atoms with Crippen LogP contribution in [0.25, 0.3) is 0 Å². The molecule has 0 bridgehead atoms. The molecule has 1 aliphatic rings. The van der Waals surface area contributed by atoms with Gasteiger partial charge in [-0.1, -0.05) is 12.1 Å². The molecule has 0 spiro atoms. The van der Waals surface area contributed by atoms with Crippen LogP contribution in [0.2, 0.25) is 0 Å². The highest BCUT2D eigenvalue weighted by Crippen LogP contribution is 2.11. The van der Waals surface area contributed by atoms with E-state index in [9.17, 15) is 9.59 Å². The second-order valence-electron chi connectivity index (χ2n) is 4.70. The Bertz CT molecular complexity index is 479. The standard InChI is InChI=1S/C14H19N3O2/c1-11(18)16-5-7-17(8-6-16)14(19)13-4-2-3-12(9-13)10-15/h2-4,9H,5-8,10,15H2,1H3. The van der Waals surface area contributed by atoms with Gasteiger partial charge in [-0.25, -0.2) is 0 Å². The third-order valence-electron chi connectivity index (χ3n) is 3.42. The third kappa shape index (κ3) is 3.12. The molecule has 2 N–H and O–H groups in total. The van der Waals surface area contributed by atoms with Crippen LogP contribution in [-0.4, -0.2) is 47.8 Å². The Kier molecular flexibility index (Phi) is 4.16. The first-order valence-corrected chi connectivity index (χ1v) is 6.45. The van der Waals surface area contributed by atoms with E-state index >= 15 is 0 Å². The summed E-state index contributed by atoms with van der Waals surface area (Å²) in [5.41, 5.74) is 7.20. The number of carbonyl (C=O) groups is 2. The maximum absolute atomic E-state index is 12.3. The monoisotopic (exact) mass is 261 g/mol. The van der Waals surface area contributed by atoms with Gasteiger partial charge < -0.3 is 15.5 Å². The molecule has 102 valence electrons. The lowest BCUT2D eigenvalue weighted by atomic mass is 10.1. The highest BCUT2D eigenvalue weighted by Gasteiger charge is 2.23. The van der Waals surface area contributed by atoms with E-state index in [4.69, 9.17) is 5.73 Å². The van der Waals surface area contributed by atoms with Crippen LogP contribution < -0.4 is 5.73 Å². The van der Waals surface area contributed by atoms with Gasteiger partial charge in [0.2, 0.25) is 5.91 Å². The number of carbonyl (C=O) groups excluding carboxylic acids is 2. The van der Waals surface area contributed by atoms with Crippen molar-refractivity contribution in [2.75, 3.05) is 26.2 Å². The Morgan fingerprint density at radius 1 is 1.16 bits per heavy atom. The minimum atomic E-state index is 0.0125. The Morgan fingerprint density at radius 3 is 2.37 bits per heavy atom. The Morgan fingerprint density at radius 2 is 1.79 bits per heavy atom. The highest BCUT2D eigenvalue weighted by atomic mass is 16.2. The van der Waals surface area contributed by atoms with Crippen molar-refractivity contribution in [3.05, 3.63) is 35.4 Å². The molecule has 2 rings (SSSR count). The van der Waals surface area contributed by atoms with Crippen molar-refractivity contribution in [1.29, 1.82) is 0 Å². The number of hydrogen-bond donors (Lipinski definition) is 1. The zero-order valence-electron chi connectivity index (χ0n) is 11.1. The van der Waals surface area contributed by atoms with Crippen LogP contribution in [0.5, 0.6) is 0 Å². The Balaban J connectivity index is 2.02. The van der Waals surface area contributed by atoms with Gasteiger partial charge in [0, 0.05) is 45.2 Å². The van der Waals surface area contributed by atoms with Gasteiger partial charge in [0.15, 0.2) is 0 Å². The first-order chi connectivity index (χ1) is 9.11. The fourth-order valence-electron chi connectivity index (χ4n) is 2.24. The molecule has 2 amide bonds. The summed E-state index contributed by atoms with van der Waals surface area (Å²) < 4.78 is 0. The molecule has 0 unspecified atom stereocenters. The summed E-state index contributed by atoms with van der Waals surface area (Å²) >= 11 is 0. The average Bonchev–Trinajstić information content (AvgIpc) is 2.46. The summed E-state index contributed by atoms with van der Waals surface area (Å²) in [6.07, 6.45) is 0. The van der Waals surface area contributed by atoms with E-state index in [1.165, 1.54) is 0 Å². The van der Waals surface area contributed by atoms with Crippen LogP contribution >= 0.6 is 0 Å². The number of hydrogen-bond acceptors (Lipinski definition) is 3. The minimum absolute atomic E-state index is 0.0125. The third-order valence-corrected chi connectivity index (χ3v) is 3.42. The van der Waals surface area contributed by atoms with Crippen LogP contribution in [0.1, 0.15) is 22.8 Å². The van der Waals surface area contributed by atoms with E-state index < -0.39 is 0 Å². The van der Waals surface area contributed by atoms with Crippen molar-refractivity contribution < 1.29 is 9.59 Å². The van der Waals surface area contributed by atoms with Crippen molar-refractivity contribution >= 4 is 11.8 Å². The molecule has 1 aliphatic heterocycles. The number of amides is 2. The molecular weight excluding hydrogens is 242 g/mol. The smallest absolute Gasteiger partial charge is 0.253 e. The number of nitrogens with two attached hydrogens (primary N) is 1. The molecule has 0 aliphatic carbocycles. The highest BCUT2D eigenvalue weighted by molar-refractivity contribution is 5.94. The summed E-state index contributed by atoms with van der Waals surface area (Å²) in [5.74, 6) is 0.0794. The zero-order valence-corrected chi connectivity index (χ0v) is 11.1. The molecule has 0 radical (unpaired) electrons. The molecule has 0 atom stereocenters. The van der Waals surface area contributed by atoms with E-state index in [0.29, 0.717) is 38.3 Å². The van der Waals surface area contributed by atoms with E-state index in [1.807, 2.05) is 18.2 Å². The summed E-state index contributed by atoms with van der Waals surface area (Å²) in [6, 6.07) is 7.39. The van der Waals surface area contributed by atoms with Crippen molar-refractivity contribution in [3.8, 4) is 0 Å². The van der Waals surface area contributed by atoms with Crippen molar-refractivity contribution in [2.24, 2.45) is 5.73 Å². The lowest BCUT2D eigenvalue weighted by molar-refractivity contribution is -0.130. The lowest BCUT2D eigenvalue weighted by Gasteiger charge is -2.34. The second kappa shape index (κ2) is 5.84. The molecule has 1 heterocycles. The van der Waals surface area contributed by atoms with E-state index in [-0.39, 0.29) is 11.8 Å². The van der Waals surface area contributed by atoms with Gasteiger partial charge >= 0.3 is 0 Å². The first-order valence-electron chi connectivity index (χ1n) is 6.45. The van der Waals surface area contributed by atoms with Crippen LogP contribution in [0.15, 0.2) is 24.3 Å². The fourth-order valence-corrected chi connectivity index (χ4v) is 2.24. The molecule has 5 nitrogen and oxygen atoms in total. The number of piperazine rings is 1. The first kappa shape index (κ1) is 13.5. The number of benzene rings is 1. The van der Waals surface area contributed by atoms with Crippen LogP contribution in [0, 0.1) is 0 Å². The summed E-state index contributed by atoms with van der Waals surface area (Å²) in [5, 5.41) is 0. The fraction of sp³-hybridized carbons (Fsp3) is 0.429. The maximum Gasteiger partial charge on any atom is 0.253 e. The topological polar surface area (TPSA) is 66.6 Å². The summed E-state index contributed by atoms with van der Waals surface area (Å²) in [4.78, 5) is 27.1. The normalized spacial score (nSPS) is 15.5. The van der Waals surface area contributed by atoms with Crippen molar-refractivity contribution in [1.82, 2.24) is 9.80 Å². The van der Waals surface area contributed by atoms with Crippen LogP contribution in [0.3, 0.4) is 0 Å². The Labute approximate surface area is 113 Å². The van der Waals surface area contributed by atoms with Crippen molar-refractivity contribution in [3.63, 3.8) is 0 Å². The van der Waals surface area contributed by atoms with Gasteiger partial charge in [-0.3, -0.25) is 9.59 Å². The van der Waals surface area contributed by atoms with Crippen LogP contribution in [-0.2, 0) is 11.3 Å². The van der Waals surface area contributed by atoms with Gasteiger partial charge in [-0.15, -0.1) is 0 Å². The Hall–Kier alpha value is -1.88. The maximum atomic E-state index is 12.3. The molecule has 0 saturated carbocycles. The summed E-state index contributed by atoms with van der Waals surface area (Å²) in [6.45, 7) is 4.38. The van der Waals surface area contributed by atoms with Gasteiger partial charge in [0.05, 0.1) is 0 Å². The van der Waals surface area contributed by atoms with E-state index in [0.717, 1.165) is 5.56 Å². The van der Waals surface area contributed by atoms with E-state index in [2.05, 4.69) is 0 Å². The molecule has 1 fully saturated rings. The predicted molar refractivity (Wildman–Crippen MR) is 72.5 cm³/mol. The minimum Gasteiger partial charge on any atom is -0.339 e. The SMILES string of the molecule is CC(=O)N1CCN(C(=O)c2cccc(CN)c2)CC1. The summed E-state index contributed by atoms with van der Waals surface area (Å²) in [7, 11) is 0. The zero-order chi connectivity index (χ0) is 13.8. The molecule has 19 heavy (non-hydrogen) atoms. The average molecular weight is 261 g/mol. The molecule has 1 aromatic carbocycles. The molecule has 1 saturated heterocycles. The van der Waals surface area contributed by atoms with Gasteiger partial charge in [0.1, 0.15) is 0 Å². The number of nitrogens with zero attached hydrogens (tertiary/aromatic N) is 2. The molecular formula is C14H19N3O2. The van der Waals surface area contributed by atoms with Crippen molar-refractivity contribution in [2.45, 2.75) is 13.5 Å². The predicted octanol–water partition coefficient (Wildman–Crippen LogP) is 0.450. The van der Waals surface area contributed by atoms with Crippen LogP contribution in [0.4, 0.5) is 0 Å². The lowest BCUT2D eigenvalue weighted by Crippen LogP contribution is -2.50. The van der Waals surface area contributed by atoms with Gasteiger partial charge in [-0.05, 0) is 17.7 Å². The largest absolute Gasteiger partial charge is 0.339 e.